The second kappa shape index (κ2) is 11.8. The molecule has 1 unspecified atom stereocenters. The second-order valence-corrected chi connectivity index (χ2v) is 8.80. The molecule has 0 saturated carbocycles. The molecule has 3 aromatic rings. The standard InChI is InChI=1S/C27H30N4O7/c1-4-38-26(34)19-11-8-14-29(17-19)24(32)23-25(33)30(16-18-9-6-5-7-10-18)27(35)31(28-23)20-12-13-21(36-2)22(15-20)37-3/h5-7,9-10,12-13,15,19H,4,8,11,14,16-17H2,1-3H3. The van der Waals surface area contributed by atoms with E-state index in [-0.39, 0.29) is 31.4 Å². The van der Waals surface area contributed by atoms with Gasteiger partial charge in [-0.25, -0.2) is 4.79 Å². The molecule has 2 heterocycles. The Labute approximate surface area is 219 Å². The normalized spacial score (nSPS) is 15.1. The summed E-state index contributed by atoms with van der Waals surface area (Å²) in [4.78, 5) is 54.4. The van der Waals surface area contributed by atoms with E-state index >= 15 is 0 Å². The van der Waals surface area contributed by atoms with Gasteiger partial charge in [-0.15, -0.1) is 0 Å². The topological polar surface area (TPSA) is 122 Å². The summed E-state index contributed by atoms with van der Waals surface area (Å²) in [6.45, 7) is 2.36. The lowest BCUT2D eigenvalue weighted by molar-refractivity contribution is -0.149. The van der Waals surface area contributed by atoms with E-state index in [0.29, 0.717) is 36.4 Å². The lowest BCUT2D eigenvalue weighted by Crippen LogP contribution is -2.49. The molecule has 1 atom stereocenters. The number of carbonyl (C=O) groups excluding carboxylic acids is 2. The van der Waals surface area contributed by atoms with Gasteiger partial charge in [0.15, 0.2) is 11.5 Å². The zero-order chi connectivity index (χ0) is 27.2. The van der Waals surface area contributed by atoms with Crippen LogP contribution in [0.4, 0.5) is 0 Å². The van der Waals surface area contributed by atoms with Gasteiger partial charge in [0.1, 0.15) is 0 Å². The number of likely N-dealkylation sites (tertiary alicyclic amines) is 1. The number of hydrogen-bond acceptors (Lipinski definition) is 8. The third-order valence-electron chi connectivity index (χ3n) is 6.39. The van der Waals surface area contributed by atoms with Gasteiger partial charge in [0.2, 0.25) is 5.69 Å². The molecule has 1 fully saturated rings. The highest BCUT2D eigenvalue weighted by atomic mass is 16.5. The van der Waals surface area contributed by atoms with Gasteiger partial charge in [0.25, 0.3) is 11.5 Å². The number of benzene rings is 2. The number of piperidine rings is 1. The van der Waals surface area contributed by atoms with Gasteiger partial charge in [0, 0.05) is 19.2 Å². The fourth-order valence-electron chi connectivity index (χ4n) is 4.44. The van der Waals surface area contributed by atoms with Crippen molar-refractivity contribution in [3.05, 3.63) is 80.6 Å². The van der Waals surface area contributed by atoms with E-state index in [1.807, 2.05) is 6.07 Å². The number of methoxy groups -OCH3 is 2. The highest BCUT2D eigenvalue weighted by molar-refractivity contribution is 5.92. The Balaban J connectivity index is 1.81. The molecule has 0 spiro atoms. The van der Waals surface area contributed by atoms with E-state index in [2.05, 4.69) is 5.10 Å². The summed E-state index contributed by atoms with van der Waals surface area (Å²) in [6, 6.07) is 13.7. The smallest absolute Gasteiger partial charge is 0.352 e. The molecule has 0 N–H and O–H groups in total. The third kappa shape index (κ3) is 5.46. The summed E-state index contributed by atoms with van der Waals surface area (Å²) in [7, 11) is 2.94. The summed E-state index contributed by atoms with van der Waals surface area (Å²) in [5.74, 6) is -0.733. The molecule has 0 bridgehead atoms. The van der Waals surface area contributed by atoms with Gasteiger partial charge in [-0.2, -0.15) is 9.78 Å². The molecule has 1 aliphatic rings. The van der Waals surface area contributed by atoms with Crippen LogP contribution in [-0.4, -0.2) is 65.0 Å². The molecule has 200 valence electrons. The van der Waals surface area contributed by atoms with E-state index in [1.165, 1.54) is 25.2 Å². The zero-order valence-electron chi connectivity index (χ0n) is 21.6. The lowest BCUT2D eigenvalue weighted by Gasteiger charge is -2.31. The number of amides is 1. The number of aromatic nitrogens is 3. The highest BCUT2D eigenvalue weighted by Gasteiger charge is 2.32. The second-order valence-electron chi connectivity index (χ2n) is 8.80. The predicted octanol–water partition coefficient (Wildman–Crippen LogP) is 1.87. The Hall–Kier alpha value is -4.41. The van der Waals surface area contributed by atoms with Crippen LogP contribution in [0.1, 0.15) is 35.8 Å². The quantitative estimate of drug-likeness (QED) is 0.411. The van der Waals surface area contributed by atoms with Crippen LogP contribution in [0, 0.1) is 5.92 Å². The number of rotatable bonds is 8. The number of carbonyl (C=O) groups is 2. The van der Waals surface area contributed by atoms with Crippen molar-refractivity contribution in [3.8, 4) is 17.2 Å². The molecule has 1 aromatic heterocycles. The minimum atomic E-state index is -0.807. The first kappa shape index (κ1) is 26.6. The van der Waals surface area contributed by atoms with E-state index in [1.54, 1.807) is 43.3 Å². The molecule has 1 saturated heterocycles. The molecule has 0 aliphatic carbocycles. The molecule has 11 nitrogen and oxygen atoms in total. The van der Waals surface area contributed by atoms with Crippen molar-refractivity contribution < 1.29 is 23.8 Å². The number of ether oxygens (including phenoxy) is 3. The first-order valence-electron chi connectivity index (χ1n) is 12.3. The van der Waals surface area contributed by atoms with E-state index in [9.17, 15) is 19.2 Å². The molecule has 38 heavy (non-hydrogen) atoms. The maximum Gasteiger partial charge on any atom is 0.352 e. The summed E-state index contributed by atoms with van der Waals surface area (Å²) < 4.78 is 17.8. The summed E-state index contributed by atoms with van der Waals surface area (Å²) in [6.07, 6.45) is 1.15. The number of esters is 1. The Morgan fingerprint density at radius 2 is 1.76 bits per heavy atom. The van der Waals surface area contributed by atoms with E-state index in [4.69, 9.17) is 14.2 Å². The molecule has 1 amide bonds. The monoisotopic (exact) mass is 522 g/mol. The lowest BCUT2D eigenvalue weighted by atomic mass is 9.98. The molecule has 11 heteroatoms. The van der Waals surface area contributed by atoms with Crippen LogP contribution in [0.5, 0.6) is 11.5 Å². The van der Waals surface area contributed by atoms with Gasteiger partial charge in [-0.05, 0) is 37.5 Å². The van der Waals surface area contributed by atoms with Crippen LogP contribution in [0.15, 0.2) is 58.1 Å². The van der Waals surface area contributed by atoms with Crippen LogP contribution in [0.3, 0.4) is 0 Å². The summed E-state index contributed by atoms with van der Waals surface area (Å²) in [5.41, 5.74) is -0.952. The average molecular weight is 523 g/mol. The molecule has 0 radical (unpaired) electrons. The minimum absolute atomic E-state index is 0.0555. The van der Waals surface area contributed by atoms with Crippen LogP contribution in [0.25, 0.3) is 5.69 Å². The van der Waals surface area contributed by atoms with Crippen molar-refractivity contribution in [2.24, 2.45) is 5.92 Å². The van der Waals surface area contributed by atoms with Gasteiger partial charge in [0.05, 0.1) is 39.0 Å². The fourth-order valence-corrected chi connectivity index (χ4v) is 4.44. The van der Waals surface area contributed by atoms with Crippen LogP contribution in [0.2, 0.25) is 0 Å². The minimum Gasteiger partial charge on any atom is -0.493 e. The first-order valence-corrected chi connectivity index (χ1v) is 12.3. The molecule has 4 rings (SSSR count). The average Bonchev–Trinajstić information content (AvgIpc) is 2.95. The number of hydrogen-bond donors (Lipinski definition) is 0. The van der Waals surface area contributed by atoms with E-state index < -0.39 is 28.8 Å². The Kier molecular flexibility index (Phi) is 8.25. The van der Waals surface area contributed by atoms with Crippen LogP contribution >= 0.6 is 0 Å². The van der Waals surface area contributed by atoms with Crippen molar-refractivity contribution in [1.82, 2.24) is 19.2 Å². The van der Waals surface area contributed by atoms with Crippen molar-refractivity contribution in [2.75, 3.05) is 33.9 Å². The highest BCUT2D eigenvalue weighted by Crippen LogP contribution is 2.28. The van der Waals surface area contributed by atoms with Crippen molar-refractivity contribution >= 4 is 11.9 Å². The maximum absolute atomic E-state index is 13.6. The Morgan fingerprint density at radius 3 is 2.45 bits per heavy atom. The first-order chi connectivity index (χ1) is 18.4. The van der Waals surface area contributed by atoms with Gasteiger partial charge < -0.3 is 19.1 Å². The summed E-state index contributed by atoms with van der Waals surface area (Å²) in [5, 5.41) is 4.22. The van der Waals surface area contributed by atoms with Gasteiger partial charge >= 0.3 is 11.7 Å². The SMILES string of the molecule is CCOC(=O)C1CCCN(C(=O)c2nn(-c3ccc(OC)c(OC)c3)c(=O)n(Cc3ccccc3)c2=O)C1. The largest absolute Gasteiger partial charge is 0.493 e. The van der Waals surface area contributed by atoms with Crippen molar-refractivity contribution in [2.45, 2.75) is 26.3 Å². The predicted molar refractivity (Wildman–Crippen MR) is 138 cm³/mol. The van der Waals surface area contributed by atoms with Crippen molar-refractivity contribution in [3.63, 3.8) is 0 Å². The summed E-state index contributed by atoms with van der Waals surface area (Å²) >= 11 is 0. The van der Waals surface area contributed by atoms with Crippen LogP contribution in [-0.2, 0) is 16.1 Å². The van der Waals surface area contributed by atoms with Gasteiger partial charge in [-0.3, -0.25) is 19.0 Å². The third-order valence-corrected chi connectivity index (χ3v) is 6.39. The molecular weight excluding hydrogens is 492 g/mol. The molecular formula is C27H30N4O7. The van der Waals surface area contributed by atoms with Crippen LogP contribution < -0.4 is 20.7 Å². The van der Waals surface area contributed by atoms with Crippen molar-refractivity contribution in [1.29, 1.82) is 0 Å². The zero-order valence-corrected chi connectivity index (χ0v) is 21.6. The van der Waals surface area contributed by atoms with Gasteiger partial charge in [-0.1, -0.05) is 30.3 Å². The molecule has 1 aliphatic heterocycles. The Morgan fingerprint density at radius 1 is 1.03 bits per heavy atom. The Bertz CT molecular complexity index is 1430. The fraction of sp³-hybridized carbons (Fsp3) is 0.370. The maximum atomic E-state index is 13.6. The molecule has 2 aromatic carbocycles. The number of nitrogens with zero attached hydrogens (tertiary/aromatic N) is 4. The van der Waals surface area contributed by atoms with E-state index in [0.717, 1.165) is 9.25 Å².